The van der Waals surface area contributed by atoms with Crippen molar-refractivity contribution in [1.29, 1.82) is 0 Å². The molecule has 0 spiro atoms. The van der Waals surface area contributed by atoms with E-state index in [1.807, 2.05) is 67.6 Å². The van der Waals surface area contributed by atoms with E-state index >= 15 is 0 Å². The maximum absolute atomic E-state index is 14.0. The summed E-state index contributed by atoms with van der Waals surface area (Å²) in [7, 11) is 0. The number of nitrogens with zero attached hydrogens (tertiary/aromatic N) is 1. The molecule has 0 radical (unpaired) electrons. The first-order valence-electron chi connectivity index (χ1n) is 12.1. The zero-order valence-electron chi connectivity index (χ0n) is 19.9. The molecule has 4 aromatic rings. The number of H-pyrrole nitrogens is 1. The molecule has 0 aliphatic carbocycles. The van der Waals surface area contributed by atoms with Crippen LogP contribution in [0.5, 0.6) is 0 Å². The van der Waals surface area contributed by atoms with Crippen molar-refractivity contribution in [1.82, 2.24) is 10.3 Å². The second-order valence-electron chi connectivity index (χ2n) is 9.81. The van der Waals surface area contributed by atoms with Gasteiger partial charge in [-0.2, -0.15) is 0 Å². The number of hydrogen-bond donors (Lipinski definition) is 3. The molecule has 3 aromatic carbocycles. The summed E-state index contributed by atoms with van der Waals surface area (Å²) in [5, 5.41) is 14.9. The van der Waals surface area contributed by atoms with Crippen molar-refractivity contribution in [3.8, 4) is 0 Å². The summed E-state index contributed by atoms with van der Waals surface area (Å²) in [4.78, 5) is 45.5. The van der Waals surface area contributed by atoms with Gasteiger partial charge in [0.05, 0.1) is 17.5 Å². The van der Waals surface area contributed by atoms with Crippen molar-refractivity contribution < 1.29 is 19.5 Å². The van der Waals surface area contributed by atoms with E-state index in [1.54, 1.807) is 18.3 Å². The number of aromatic amines is 1. The van der Waals surface area contributed by atoms with E-state index < -0.39 is 41.2 Å². The van der Waals surface area contributed by atoms with Gasteiger partial charge < -0.3 is 10.1 Å². The number of amides is 2. The number of aliphatic carboxylic acids is 1. The third kappa shape index (κ3) is 3.54. The molecule has 8 heteroatoms. The van der Waals surface area contributed by atoms with Gasteiger partial charge in [0.15, 0.2) is 0 Å². The largest absolute Gasteiger partial charge is 0.480 e. The van der Waals surface area contributed by atoms with Crippen LogP contribution in [0, 0.1) is 18.8 Å². The van der Waals surface area contributed by atoms with Gasteiger partial charge in [-0.15, -0.1) is 0 Å². The number of carbonyl (C=O) groups excluding carboxylic acids is 2. The third-order valence-electron chi connectivity index (χ3n) is 7.71. The Hall–Kier alpha value is -3.75. The number of imide groups is 1. The van der Waals surface area contributed by atoms with Gasteiger partial charge in [-0.1, -0.05) is 70.0 Å². The fourth-order valence-electron chi connectivity index (χ4n) is 5.96. The molecule has 2 saturated heterocycles. The van der Waals surface area contributed by atoms with E-state index in [1.165, 1.54) is 4.90 Å². The number of aryl methyl sites for hydroxylation is 1. The lowest BCUT2D eigenvalue weighted by Crippen LogP contribution is -2.57. The normalized spacial score (nSPS) is 25.1. The van der Waals surface area contributed by atoms with Gasteiger partial charge in [-0.25, -0.2) is 4.90 Å². The standard InChI is InChI=1S/C29H24BrN3O4/c1-16-10-12-18(13-11-16)33-26(34)23-24(27(33)35)29(28(36)37,32-25(23)20-7-2-4-8-21(20)30)14-17-15-31-22-9-5-3-6-19(17)22/h2-13,15,23-25,31-32H,14H2,1H3,(H,36,37). The van der Waals surface area contributed by atoms with Crippen LogP contribution in [0.25, 0.3) is 10.9 Å². The Labute approximate surface area is 221 Å². The van der Waals surface area contributed by atoms with E-state index in [0.717, 1.165) is 32.1 Å². The average molecular weight is 558 g/mol. The molecular formula is C29H24BrN3O4. The molecule has 3 heterocycles. The highest BCUT2D eigenvalue weighted by atomic mass is 79.9. The second kappa shape index (κ2) is 8.68. The third-order valence-corrected chi connectivity index (χ3v) is 8.43. The Bertz CT molecular complexity index is 1560. The Morgan fingerprint density at radius 1 is 1.00 bits per heavy atom. The van der Waals surface area contributed by atoms with Crippen molar-refractivity contribution >= 4 is 50.3 Å². The number of nitrogens with one attached hydrogen (secondary N) is 2. The summed E-state index contributed by atoms with van der Waals surface area (Å²) in [5.41, 5.74) is 2.15. The van der Waals surface area contributed by atoms with E-state index in [0.29, 0.717) is 5.69 Å². The van der Waals surface area contributed by atoms with Crippen LogP contribution in [0.15, 0.2) is 83.5 Å². The summed E-state index contributed by atoms with van der Waals surface area (Å²) in [5.74, 6) is -4.02. The molecule has 4 unspecified atom stereocenters. The number of aromatic nitrogens is 1. The summed E-state index contributed by atoms with van der Waals surface area (Å²) in [6.45, 7) is 1.93. The Morgan fingerprint density at radius 2 is 1.70 bits per heavy atom. The molecule has 2 aliphatic heterocycles. The highest BCUT2D eigenvalue weighted by Gasteiger charge is 2.68. The number of benzene rings is 3. The lowest BCUT2D eigenvalue weighted by Gasteiger charge is -2.31. The first-order valence-corrected chi connectivity index (χ1v) is 12.9. The lowest BCUT2D eigenvalue weighted by molar-refractivity contribution is -0.148. The minimum Gasteiger partial charge on any atom is -0.480 e. The number of fused-ring (bicyclic) bond motifs is 2. The van der Waals surface area contributed by atoms with Crippen LogP contribution < -0.4 is 10.2 Å². The van der Waals surface area contributed by atoms with Crippen molar-refractivity contribution in [2.24, 2.45) is 11.8 Å². The second-order valence-corrected chi connectivity index (χ2v) is 10.7. The SMILES string of the molecule is Cc1ccc(N2C(=O)C3C(c4ccccc4Br)NC(Cc4c[nH]c5ccccc45)(C(=O)O)C3C2=O)cc1. The number of rotatable bonds is 5. The number of carboxylic acids is 1. The number of carboxylic acid groups (broad SMARTS) is 1. The number of carbonyl (C=O) groups is 3. The quantitative estimate of drug-likeness (QED) is 0.307. The first kappa shape index (κ1) is 23.6. The molecule has 1 aromatic heterocycles. The summed E-state index contributed by atoms with van der Waals surface area (Å²) in [6, 6.07) is 21.5. The monoisotopic (exact) mass is 557 g/mol. The van der Waals surface area contributed by atoms with Crippen molar-refractivity contribution in [2.75, 3.05) is 4.90 Å². The summed E-state index contributed by atoms with van der Waals surface area (Å²) >= 11 is 3.57. The van der Waals surface area contributed by atoms with Gasteiger partial charge in [0.2, 0.25) is 11.8 Å². The smallest absolute Gasteiger partial charge is 0.325 e. The van der Waals surface area contributed by atoms with Crippen molar-refractivity contribution in [3.63, 3.8) is 0 Å². The maximum atomic E-state index is 14.0. The number of hydrogen-bond acceptors (Lipinski definition) is 4. The molecule has 0 bridgehead atoms. The highest BCUT2D eigenvalue weighted by molar-refractivity contribution is 9.10. The van der Waals surface area contributed by atoms with E-state index in [4.69, 9.17) is 0 Å². The minimum absolute atomic E-state index is 0.0369. The molecule has 7 nitrogen and oxygen atoms in total. The zero-order chi connectivity index (χ0) is 25.9. The zero-order valence-corrected chi connectivity index (χ0v) is 21.5. The van der Waals surface area contributed by atoms with Gasteiger partial charge in [0.25, 0.3) is 0 Å². The molecule has 6 rings (SSSR count). The minimum atomic E-state index is -1.69. The van der Waals surface area contributed by atoms with Crippen molar-refractivity contribution in [3.05, 3.63) is 100 Å². The molecule has 4 atom stereocenters. The molecule has 2 amide bonds. The van der Waals surface area contributed by atoms with Crippen LogP contribution in [0.4, 0.5) is 5.69 Å². The van der Waals surface area contributed by atoms with Crippen LogP contribution in [0.1, 0.15) is 22.7 Å². The maximum Gasteiger partial charge on any atom is 0.325 e. The molecule has 0 saturated carbocycles. The lowest BCUT2D eigenvalue weighted by atomic mass is 9.76. The van der Waals surface area contributed by atoms with E-state index in [-0.39, 0.29) is 6.42 Å². The van der Waals surface area contributed by atoms with Crippen molar-refractivity contribution in [2.45, 2.75) is 24.9 Å². The van der Waals surface area contributed by atoms with E-state index in [2.05, 4.69) is 26.2 Å². The average Bonchev–Trinajstić information content (AvgIpc) is 3.53. The first-order chi connectivity index (χ1) is 17.8. The van der Waals surface area contributed by atoms with Gasteiger partial charge in [0.1, 0.15) is 5.54 Å². The molecule has 3 N–H and O–H groups in total. The molecule has 186 valence electrons. The van der Waals surface area contributed by atoms with Gasteiger partial charge in [0, 0.05) is 34.0 Å². The van der Waals surface area contributed by atoms with Crippen LogP contribution in [0.2, 0.25) is 0 Å². The fraction of sp³-hybridized carbons (Fsp3) is 0.207. The van der Waals surface area contributed by atoms with Crippen LogP contribution >= 0.6 is 15.9 Å². The summed E-state index contributed by atoms with van der Waals surface area (Å²) < 4.78 is 0.744. The molecule has 37 heavy (non-hydrogen) atoms. The van der Waals surface area contributed by atoms with Crippen LogP contribution in [-0.4, -0.2) is 33.4 Å². The molecule has 2 fully saturated rings. The Morgan fingerprint density at radius 3 is 2.43 bits per heavy atom. The highest BCUT2D eigenvalue weighted by Crippen LogP contribution is 2.52. The topological polar surface area (TPSA) is 102 Å². The number of halogens is 1. The fourth-order valence-corrected chi connectivity index (χ4v) is 6.49. The van der Waals surface area contributed by atoms with Gasteiger partial charge in [-0.05, 0) is 42.3 Å². The number of anilines is 1. The Kier molecular flexibility index (Phi) is 5.54. The van der Waals surface area contributed by atoms with Gasteiger partial charge in [-0.3, -0.25) is 19.7 Å². The molecular weight excluding hydrogens is 534 g/mol. The Balaban J connectivity index is 1.52. The van der Waals surface area contributed by atoms with E-state index in [9.17, 15) is 19.5 Å². The predicted molar refractivity (Wildman–Crippen MR) is 143 cm³/mol. The predicted octanol–water partition coefficient (Wildman–Crippen LogP) is 4.76. The molecule has 2 aliphatic rings. The van der Waals surface area contributed by atoms with Gasteiger partial charge >= 0.3 is 5.97 Å². The van der Waals surface area contributed by atoms with Crippen LogP contribution in [0.3, 0.4) is 0 Å². The van der Waals surface area contributed by atoms with Crippen LogP contribution in [-0.2, 0) is 20.8 Å². The summed E-state index contributed by atoms with van der Waals surface area (Å²) in [6.07, 6.45) is 1.83. The number of para-hydroxylation sites is 1.